The first kappa shape index (κ1) is 21.7. The zero-order chi connectivity index (χ0) is 20.7. The Morgan fingerprint density at radius 2 is 1.68 bits per heavy atom. The molecule has 0 aliphatic rings. The predicted octanol–water partition coefficient (Wildman–Crippen LogP) is 4.32. The average Bonchev–Trinajstić information content (AvgIpc) is 2.64. The van der Waals surface area contributed by atoms with Crippen LogP contribution < -0.4 is 10.6 Å². The molecule has 4 nitrogen and oxygen atoms in total. The highest BCUT2D eigenvalue weighted by molar-refractivity contribution is 6.30. The summed E-state index contributed by atoms with van der Waals surface area (Å²) >= 11 is 5.74. The number of hydrogen-bond acceptors (Lipinski definition) is 2. The van der Waals surface area contributed by atoms with Gasteiger partial charge in [-0.3, -0.25) is 9.59 Å². The number of amides is 2. The van der Waals surface area contributed by atoms with Gasteiger partial charge in [-0.1, -0.05) is 17.7 Å². The fourth-order valence-corrected chi connectivity index (χ4v) is 2.53. The number of nitrogens with one attached hydrogen (secondary N) is 2. The quantitative estimate of drug-likeness (QED) is 0.521. The van der Waals surface area contributed by atoms with Gasteiger partial charge in [-0.05, 0) is 48.4 Å². The molecule has 0 aromatic heterocycles. The van der Waals surface area contributed by atoms with Gasteiger partial charge in [0.15, 0.2) is 0 Å². The van der Waals surface area contributed by atoms with Crippen LogP contribution in [0.4, 0.5) is 17.6 Å². The minimum Gasteiger partial charge on any atom is -0.352 e. The fraction of sp³-hybridized carbons (Fsp3) is 0.263. The maximum absolute atomic E-state index is 13.1. The number of halogens is 5. The third-order valence-corrected chi connectivity index (χ3v) is 4.08. The van der Waals surface area contributed by atoms with Crippen molar-refractivity contribution in [3.63, 3.8) is 0 Å². The van der Waals surface area contributed by atoms with Crippen LogP contribution in [0.15, 0.2) is 42.5 Å². The van der Waals surface area contributed by atoms with E-state index < -0.39 is 23.5 Å². The zero-order valence-corrected chi connectivity index (χ0v) is 15.3. The lowest BCUT2D eigenvalue weighted by Gasteiger charge is -2.13. The van der Waals surface area contributed by atoms with Crippen LogP contribution in [0.25, 0.3) is 0 Å². The molecule has 2 rings (SSSR count). The first-order chi connectivity index (χ1) is 13.2. The van der Waals surface area contributed by atoms with E-state index in [1.165, 1.54) is 0 Å². The Balaban J connectivity index is 1.76. The lowest BCUT2D eigenvalue weighted by Crippen LogP contribution is -2.27. The predicted molar refractivity (Wildman–Crippen MR) is 96.3 cm³/mol. The first-order valence-electron chi connectivity index (χ1n) is 8.33. The molecule has 28 heavy (non-hydrogen) atoms. The molecule has 0 unspecified atom stereocenters. The summed E-state index contributed by atoms with van der Waals surface area (Å²) in [5.74, 6) is -1.80. The molecule has 0 radical (unpaired) electrons. The molecule has 0 heterocycles. The average molecular weight is 417 g/mol. The van der Waals surface area contributed by atoms with E-state index in [-0.39, 0.29) is 31.0 Å². The summed E-state index contributed by atoms with van der Waals surface area (Å²) in [7, 11) is 0. The van der Waals surface area contributed by atoms with Gasteiger partial charge < -0.3 is 10.6 Å². The molecule has 0 fully saturated rings. The van der Waals surface area contributed by atoms with Gasteiger partial charge in [-0.15, -0.1) is 0 Å². The van der Waals surface area contributed by atoms with Crippen molar-refractivity contribution in [2.75, 3.05) is 6.54 Å². The van der Waals surface area contributed by atoms with E-state index in [0.29, 0.717) is 23.1 Å². The maximum Gasteiger partial charge on any atom is 0.416 e. The van der Waals surface area contributed by atoms with Gasteiger partial charge in [-0.2, -0.15) is 13.2 Å². The molecule has 0 aliphatic carbocycles. The summed E-state index contributed by atoms with van der Waals surface area (Å²) in [6.45, 7) is -0.148. The van der Waals surface area contributed by atoms with Gasteiger partial charge in [0.25, 0.3) is 5.91 Å². The molecule has 0 saturated heterocycles. The molecule has 2 aromatic carbocycles. The highest BCUT2D eigenvalue weighted by Crippen LogP contribution is 2.32. The lowest BCUT2D eigenvalue weighted by atomic mass is 10.1. The smallest absolute Gasteiger partial charge is 0.352 e. The van der Waals surface area contributed by atoms with Crippen LogP contribution in [0.2, 0.25) is 5.02 Å². The van der Waals surface area contributed by atoms with E-state index in [2.05, 4.69) is 10.6 Å². The molecule has 0 atom stereocenters. The van der Waals surface area contributed by atoms with Gasteiger partial charge >= 0.3 is 6.18 Å². The van der Waals surface area contributed by atoms with E-state index in [4.69, 9.17) is 11.6 Å². The van der Waals surface area contributed by atoms with Crippen molar-refractivity contribution in [3.8, 4) is 0 Å². The van der Waals surface area contributed by atoms with Crippen molar-refractivity contribution in [1.82, 2.24) is 10.6 Å². The molecular weight excluding hydrogens is 400 g/mol. The summed E-state index contributed by atoms with van der Waals surface area (Å²) in [5, 5.41) is 5.50. The Morgan fingerprint density at radius 3 is 2.32 bits per heavy atom. The third kappa shape index (κ3) is 6.53. The Hall–Kier alpha value is -2.61. The number of hydrogen-bond donors (Lipinski definition) is 2. The van der Waals surface area contributed by atoms with Gasteiger partial charge in [0, 0.05) is 30.1 Å². The van der Waals surface area contributed by atoms with E-state index in [9.17, 15) is 27.2 Å². The van der Waals surface area contributed by atoms with Crippen LogP contribution in [0.3, 0.4) is 0 Å². The van der Waals surface area contributed by atoms with Gasteiger partial charge in [0.05, 0.1) is 5.56 Å². The summed E-state index contributed by atoms with van der Waals surface area (Å²) in [6, 6.07) is 8.57. The highest BCUT2D eigenvalue weighted by Gasteiger charge is 2.33. The number of carbonyl (C=O) groups excluding carboxylic acids is 2. The lowest BCUT2D eigenvalue weighted by molar-refractivity contribution is -0.138. The first-order valence-corrected chi connectivity index (χ1v) is 8.70. The van der Waals surface area contributed by atoms with E-state index in [0.717, 1.165) is 12.1 Å². The zero-order valence-electron chi connectivity index (χ0n) is 14.6. The van der Waals surface area contributed by atoms with Gasteiger partial charge in [0.1, 0.15) is 5.82 Å². The second-order valence-electron chi connectivity index (χ2n) is 5.94. The molecule has 2 amide bonds. The number of rotatable bonds is 7. The molecule has 0 spiro atoms. The molecule has 9 heteroatoms. The van der Waals surface area contributed by atoms with Crippen LogP contribution in [-0.2, 0) is 17.5 Å². The summed E-state index contributed by atoms with van der Waals surface area (Å²) in [6.07, 6.45) is -4.39. The molecule has 0 saturated carbocycles. The number of carbonyl (C=O) groups is 2. The Bertz CT molecular complexity index is 839. The van der Waals surface area contributed by atoms with E-state index in [1.807, 2.05) is 0 Å². The summed E-state index contributed by atoms with van der Waals surface area (Å²) in [4.78, 5) is 23.7. The summed E-state index contributed by atoms with van der Waals surface area (Å²) in [5.41, 5.74) is -0.925. The minimum atomic E-state index is -4.71. The molecule has 0 bridgehead atoms. The number of alkyl halides is 3. The highest BCUT2D eigenvalue weighted by atomic mass is 35.5. The van der Waals surface area contributed by atoms with Crippen molar-refractivity contribution in [1.29, 1.82) is 0 Å². The second kappa shape index (κ2) is 9.54. The van der Waals surface area contributed by atoms with Crippen molar-refractivity contribution in [3.05, 3.63) is 70.0 Å². The van der Waals surface area contributed by atoms with Crippen LogP contribution in [0.5, 0.6) is 0 Å². The minimum absolute atomic E-state index is 0.0173. The van der Waals surface area contributed by atoms with Crippen LogP contribution in [-0.4, -0.2) is 18.4 Å². The maximum atomic E-state index is 13.1. The van der Waals surface area contributed by atoms with Gasteiger partial charge in [0.2, 0.25) is 5.91 Å². The normalized spacial score (nSPS) is 11.2. The van der Waals surface area contributed by atoms with E-state index >= 15 is 0 Å². The standard InChI is InChI=1S/C19H17ClF4N2O2/c20-14-6-3-12(4-7-14)18(28)25-9-1-2-17(27)26-11-13-5-8-15(21)10-16(13)19(22,23)24/h3-8,10H,1-2,9,11H2,(H,25,28)(H,26,27). The molecule has 0 aliphatic heterocycles. The van der Waals surface area contributed by atoms with Crippen LogP contribution in [0, 0.1) is 5.82 Å². The van der Waals surface area contributed by atoms with Crippen molar-refractivity contribution in [2.45, 2.75) is 25.6 Å². The molecule has 150 valence electrons. The Kier molecular flexibility index (Phi) is 7.39. The Labute approximate surface area is 163 Å². The molecule has 2 aromatic rings. The fourth-order valence-electron chi connectivity index (χ4n) is 2.40. The SMILES string of the molecule is O=C(CCCNC(=O)c1ccc(Cl)cc1)NCc1ccc(F)cc1C(F)(F)F. The van der Waals surface area contributed by atoms with Crippen molar-refractivity contribution >= 4 is 23.4 Å². The second-order valence-corrected chi connectivity index (χ2v) is 6.38. The van der Waals surface area contributed by atoms with Crippen LogP contribution >= 0.6 is 11.6 Å². The molecule has 2 N–H and O–H groups in total. The third-order valence-electron chi connectivity index (χ3n) is 3.83. The topological polar surface area (TPSA) is 58.2 Å². The Morgan fingerprint density at radius 1 is 1.00 bits per heavy atom. The summed E-state index contributed by atoms with van der Waals surface area (Å²) < 4.78 is 51.8. The largest absolute Gasteiger partial charge is 0.416 e. The van der Waals surface area contributed by atoms with Crippen molar-refractivity contribution in [2.24, 2.45) is 0 Å². The van der Waals surface area contributed by atoms with Gasteiger partial charge in [-0.25, -0.2) is 4.39 Å². The van der Waals surface area contributed by atoms with E-state index in [1.54, 1.807) is 24.3 Å². The monoisotopic (exact) mass is 416 g/mol. The van der Waals surface area contributed by atoms with Crippen molar-refractivity contribution < 1.29 is 27.2 Å². The van der Waals surface area contributed by atoms with Crippen LogP contribution in [0.1, 0.15) is 34.3 Å². The molecular formula is C19H17ClF4N2O2. The number of benzene rings is 2.